The third-order valence-corrected chi connectivity index (χ3v) is 6.48. The van der Waals surface area contributed by atoms with E-state index in [2.05, 4.69) is 5.32 Å². The van der Waals surface area contributed by atoms with Crippen LogP contribution in [0.25, 0.3) is 0 Å². The Kier molecular flexibility index (Phi) is 7.30. The van der Waals surface area contributed by atoms with Gasteiger partial charge in [-0.15, -0.1) is 0 Å². The highest BCUT2D eigenvalue weighted by atomic mass is 32.2. The highest BCUT2D eigenvalue weighted by molar-refractivity contribution is 7.92. The van der Waals surface area contributed by atoms with Gasteiger partial charge in [0.15, 0.2) is 11.5 Å². The number of sulfonamides is 1. The fourth-order valence-electron chi connectivity index (χ4n) is 2.66. The van der Waals surface area contributed by atoms with Crippen molar-refractivity contribution in [3.63, 3.8) is 0 Å². The van der Waals surface area contributed by atoms with Crippen molar-refractivity contribution >= 4 is 21.6 Å². The van der Waals surface area contributed by atoms with Gasteiger partial charge in [0.25, 0.3) is 10.0 Å². The van der Waals surface area contributed by atoms with E-state index in [0.29, 0.717) is 12.2 Å². The molecule has 0 unspecified atom stereocenters. The number of hydrogen-bond donors (Lipinski definition) is 1. The van der Waals surface area contributed by atoms with Crippen LogP contribution in [0.2, 0.25) is 0 Å². The minimum atomic E-state index is -4.17. The van der Waals surface area contributed by atoms with E-state index in [9.17, 15) is 17.6 Å². The minimum absolute atomic E-state index is 0.0907. The zero-order valence-corrected chi connectivity index (χ0v) is 18.5. The van der Waals surface area contributed by atoms with E-state index in [1.807, 2.05) is 20.8 Å². The zero-order chi connectivity index (χ0) is 22.5. The SMILES string of the molecule is CCC(C)(C)NC(=O)CN(c1ccc(F)cc1)S(=O)(=O)c1ccc(OC)c(OC)c1. The van der Waals surface area contributed by atoms with E-state index in [-0.39, 0.29) is 16.3 Å². The number of nitrogens with zero attached hydrogens (tertiary/aromatic N) is 1. The number of rotatable bonds is 9. The molecule has 0 aliphatic rings. The van der Waals surface area contributed by atoms with Crippen molar-refractivity contribution in [1.82, 2.24) is 5.32 Å². The van der Waals surface area contributed by atoms with Crippen molar-refractivity contribution in [2.45, 2.75) is 37.6 Å². The van der Waals surface area contributed by atoms with Crippen molar-refractivity contribution in [2.75, 3.05) is 25.1 Å². The lowest BCUT2D eigenvalue weighted by Crippen LogP contribution is -2.48. The van der Waals surface area contributed by atoms with E-state index < -0.39 is 33.8 Å². The van der Waals surface area contributed by atoms with Crippen LogP contribution in [0.3, 0.4) is 0 Å². The first kappa shape index (κ1) is 23.5. The van der Waals surface area contributed by atoms with Crippen LogP contribution in [0.5, 0.6) is 11.5 Å². The number of carbonyl (C=O) groups excluding carboxylic acids is 1. The average Bonchev–Trinajstić information content (AvgIpc) is 2.71. The van der Waals surface area contributed by atoms with Crippen LogP contribution >= 0.6 is 0 Å². The summed E-state index contributed by atoms with van der Waals surface area (Å²) in [5.74, 6) is -0.393. The van der Waals surface area contributed by atoms with Gasteiger partial charge in [-0.3, -0.25) is 9.10 Å². The molecule has 1 amide bonds. The molecular formula is C21H27FN2O5S. The lowest BCUT2D eigenvalue weighted by Gasteiger charge is -2.28. The van der Waals surface area contributed by atoms with Gasteiger partial charge in [0, 0.05) is 11.6 Å². The van der Waals surface area contributed by atoms with Gasteiger partial charge in [0.05, 0.1) is 24.8 Å². The number of amides is 1. The standard InChI is InChI=1S/C21H27FN2O5S/c1-6-21(2,3)23-20(25)14-24(16-9-7-15(22)8-10-16)30(26,27)17-11-12-18(28-4)19(13-17)29-5/h7-13H,6,14H2,1-5H3,(H,23,25). The minimum Gasteiger partial charge on any atom is -0.493 e. The van der Waals surface area contributed by atoms with Crippen molar-refractivity contribution in [3.05, 3.63) is 48.3 Å². The molecule has 9 heteroatoms. The maximum Gasteiger partial charge on any atom is 0.264 e. The van der Waals surface area contributed by atoms with Crippen LogP contribution in [0.1, 0.15) is 27.2 Å². The molecule has 2 aromatic rings. The Labute approximate surface area is 176 Å². The normalized spacial score (nSPS) is 11.7. The van der Waals surface area contributed by atoms with E-state index in [1.54, 1.807) is 0 Å². The molecule has 2 rings (SSSR count). The van der Waals surface area contributed by atoms with Crippen LogP contribution in [0, 0.1) is 5.82 Å². The Balaban J connectivity index is 2.50. The predicted molar refractivity (Wildman–Crippen MR) is 113 cm³/mol. The van der Waals surface area contributed by atoms with Crippen molar-refractivity contribution < 1.29 is 27.1 Å². The Morgan fingerprint density at radius 2 is 1.67 bits per heavy atom. The second kappa shape index (κ2) is 9.34. The molecule has 0 saturated carbocycles. The first-order valence-electron chi connectivity index (χ1n) is 9.35. The third kappa shape index (κ3) is 5.41. The molecule has 0 fully saturated rings. The zero-order valence-electron chi connectivity index (χ0n) is 17.7. The number of ether oxygens (including phenoxy) is 2. The van der Waals surface area contributed by atoms with E-state index >= 15 is 0 Å². The van der Waals surface area contributed by atoms with Crippen LogP contribution in [-0.4, -0.2) is 40.6 Å². The fourth-order valence-corrected chi connectivity index (χ4v) is 4.10. The highest BCUT2D eigenvalue weighted by Gasteiger charge is 2.29. The summed E-state index contributed by atoms with van der Waals surface area (Å²) in [5, 5.41) is 2.82. The summed E-state index contributed by atoms with van der Waals surface area (Å²) in [6, 6.07) is 9.05. The molecule has 2 aromatic carbocycles. The summed E-state index contributed by atoms with van der Waals surface area (Å²) in [6.45, 7) is 5.13. The fraction of sp³-hybridized carbons (Fsp3) is 0.381. The van der Waals surface area contributed by atoms with Gasteiger partial charge in [-0.25, -0.2) is 12.8 Å². The molecule has 7 nitrogen and oxygen atoms in total. The number of carbonyl (C=O) groups is 1. The number of methoxy groups -OCH3 is 2. The Hall–Kier alpha value is -2.81. The van der Waals surface area contributed by atoms with Gasteiger partial charge in [-0.05, 0) is 56.7 Å². The molecule has 30 heavy (non-hydrogen) atoms. The molecule has 0 bridgehead atoms. The second-order valence-electron chi connectivity index (χ2n) is 7.29. The monoisotopic (exact) mass is 438 g/mol. The largest absolute Gasteiger partial charge is 0.493 e. The summed E-state index contributed by atoms with van der Waals surface area (Å²) in [5.41, 5.74) is -0.339. The number of nitrogens with one attached hydrogen (secondary N) is 1. The van der Waals surface area contributed by atoms with Crippen molar-refractivity contribution in [1.29, 1.82) is 0 Å². The van der Waals surface area contributed by atoms with Gasteiger partial charge in [-0.2, -0.15) is 0 Å². The molecule has 0 radical (unpaired) electrons. The maximum absolute atomic E-state index is 13.4. The molecule has 0 aromatic heterocycles. The van der Waals surface area contributed by atoms with Gasteiger partial charge in [0.2, 0.25) is 5.91 Å². The first-order valence-corrected chi connectivity index (χ1v) is 10.8. The third-order valence-electron chi connectivity index (χ3n) is 4.71. The first-order chi connectivity index (χ1) is 14.0. The van der Waals surface area contributed by atoms with Crippen molar-refractivity contribution in [3.8, 4) is 11.5 Å². The van der Waals surface area contributed by atoms with Gasteiger partial charge in [-0.1, -0.05) is 6.92 Å². The summed E-state index contributed by atoms with van der Waals surface area (Å²) in [7, 11) is -1.33. The van der Waals surface area contributed by atoms with Gasteiger partial charge < -0.3 is 14.8 Å². The second-order valence-corrected chi connectivity index (χ2v) is 9.15. The highest BCUT2D eigenvalue weighted by Crippen LogP contribution is 2.32. The van der Waals surface area contributed by atoms with E-state index in [4.69, 9.17) is 9.47 Å². The lowest BCUT2D eigenvalue weighted by atomic mass is 10.0. The molecule has 0 aliphatic carbocycles. The Morgan fingerprint density at radius 3 is 2.20 bits per heavy atom. The van der Waals surface area contributed by atoms with Crippen LogP contribution < -0.4 is 19.1 Å². The van der Waals surface area contributed by atoms with Crippen LogP contribution in [-0.2, 0) is 14.8 Å². The number of anilines is 1. The molecule has 1 N–H and O–H groups in total. The summed E-state index contributed by atoms with van der Waals surface area (Å²) in [6.07, 6.45) is 0.664. The number of halogens is 1. The molecule has 0 spiro atoms. The number of hydrogen-bond acceptors (Lipinski definition) is 5. The summed E-state index contributed by atoms with van der Waals surface area (Å²) in [4.78, 5) is 12.5. The molecule has 0 saturated heterocycles. The maximum atomic E-state index is 13.4. The molecule has 164 valence electrons. The molecule has 0 atom stereocenters. The molecule has 0 heterocycles. The molecule has 0 aliphatic heterocycles. The van der Waals surface area contributed by atoms with Crippen molar-refractivity contribution in [2.24, 2.45) is 0 Å². The van der Waals surface area contributed by atoms with Gasteiger partial charge >= 0.3 is 0 Å². The molecular weight excluding hydrogens is 411 g/mol. The Morgan fingerprint density at radius 1 is 1.07 bits per heavy atom. The summed E-state index contributed by atoms with van der Waals surface area (Å²) >= 11 is 0. The summed E-state index contributed by atoms with van der Waals surface area (Å²) < 4.78 is 51.5. The number of benzene rings is 2. The van der Waals surface area contributed by atoms with Gasteiger partial charge in [0.1, 0.15) is 12.4 Å². The quantitative estimate of drug-likeness (QED) is 0.649. The van der Waals surface area contributed by atoms with E-state index in [0.717, 1.165) is 16.4 Å². The average molecular weight is 439 g/mol. The van der Waals surface area contributed by atoms with Crippen LogP contribution in [0.15, 0.2) is 47.4 Å². The van der Waals surface area contributed by atoms with Crippen LogP contribution in [0.4, 0.5) is 10.1 Å². The Bertz CT molecular complexity index is 991. The van der Waals surface area contributed by atoms with E-state index in [1.165, 1.54) is 44.6 Å². The lowest BCUT2D eigenvalue weighted by molar-refractivity contribution is -0.121. The smallest absolute Gasteiger partial charge is 0.264 e. The topological polar surface area (TPSA) is 84.9 Å². The predicted octanol–water partition coefficient (Wildman–Crippen LogP) is 3.34.